The lowest BCUT2D eigenvalue weighted by Gasteiger charge is -2.10. The number of nitrogens with zero attached hydrogens (tertiary/aromatic N) is 1. The minimum absolute atomic E-state index is 0.689. The molecular weight excluding hydrogens is 290 g/mol. The van der Waals surface area contributed by atoms with Gasteiger partial charge in [-0.3, -0.25) is 4.99 Å². The van der Waals surface area contributed by atoms with Crippen LogP contribution in [0.4, 0.5) is 5.69 Å². The number of hydrogen-bond donors (Lipinski definition) is 2. The third kappa shape index (κ3) is 3.92. The molecule has 4 heteroatoms. The van der Waals surface area contributed by atoms with Crippen molar-refractivity contribution in [1.82, 2.24) is 10.6 Å². The largest absolute Gasteiger partial charge is 0.362 e. The standard InChI is InChI=1S/C18H19N3S/c22-18(19-11-10-14-6-2-1-3-7-14)20-13-16-12-15-8-4-5-9-17(15)21-16/h1-9H,10-13H2,(H2,19,20,22). The van der Waals surface area contributed by atoms with Gasteiger partial charge in [-0.1, -0.05) is 48.5 Å². The third-order valence-corrected chi connectivity index (χ3v) is 3.95. The second kappa shape index (κ2) is 7.18. The van der Waals surface area contributed by atoms with E-state index in [0.717, 1.165) is 30.8 Å². The first-order valence-electron chi connectivity index (χ1n) is 7.51. The fraction of sp³-hybridized carbons (Fsp3) is 0.222. The maximum Gasteiger partial charge on any atom is 0.166 e. The van der Waals surface area contributed by atoms with Crippen molar-refractivity contribution in [2.24, 2.45) is 4.99 Å². The lowest BCUT2D eigenvalue weighted by atomic mass is 10.1. The number of benzene rings is 2. The van der Waals surface area contributed by atoms with Crippen LogP contribution in [0.25, 0.3) is 0 Å². The second-order valence-corrected chi connectivity index (χ2v) is 5.74. The summed E-state index contributed by atoms with van der Waals surface area (Å²) >= 11 is 5.31. The van der Waals surface area contributed by atoms with Gasteiger partial charge in [-0.2, -0.15) is 0 Å². The van der Waals surface area contributed by atoms with E-state index < -0.39 is 0 Å². The number of fused-ring (bicyclic) bond motifs is 1. The predicted octanol–water partition coefficient (Wildman–Crippen LogP) is 3.02. The summed E-state index contributed by atoms with van der Waals surface area (Å²) in [6.45, 7) is 1.54. The van der Waals surface area contributed by atoms with Crippen LogP contribution in [-0.2, 0) is 12.8 Å². The zero-order valence-electron chi connectivity index (χ0n) is 12.4. The van der Waals surface area contributed by atoms with Crippen molar-refractivity contribution in [2.75, 3.05) is 13.1 Å². The van der Waals surface area contributed by atoms with Gasteiger partial charge in [0.05, 0.1) is 12.2 Å². The molecule has 22 heavy (non-hydrogen) atoms. The van der Waals surface area contributed by atoms with Crippen LogP contribution in [-0.4, -0.2) is 23.9 Å². The van der Waals surface area contributed by atoms with E-state index in [9.17, 15) is 0 Å². The van der Waals surface area contributed by atoms with Crippen LogP contribution in [0, 0.1) is 0 Å². The summed E-state index contributed by atoms with van der Waals surface area (Å²) in [5, 5.41) is 7.17. The molecular formula is C18H19N3S. The summed E-state index contributed by atoms with van der Waals surface area (Å²) in [7, 11) is 0. The fourth-order valence-electron chi connectivity index (χ4n) is 2.51. The van der Waals surface area contributed by atoms with Gasteiger partial charge in [0.15, 0.2) is 5.11 Å². The number of nitrogens with one attached hydrogen (secondary N) is 2. The first kappa shape index (κ1) is 14.7. The Morgan fingerprint density at radius 1 is 1.00 bits per heavy atom. The fourth-order valence-corrected chi connectivity index (χ4v) is 2.69. The highest BCUT2D eigenvalue weighted by molar-refractivity contribution is 7.80. The van der Waals surface area contributed by atoms with Crippen molar-refractivity contribution >= 4 is 28.7 Å². The number of thiocarbonyl (C=S) groups is 1. The number of hydrogen-bond acceptors (Lipinski definition) is 2. The molecule has 1 aliphatic rings. The van der Waals surface area contributed by atoms with Crippen molar-refractivity contribution in [3.05, 3.63) is 65.7 Å². The molecule has 2 aromatic rings. The van der Waals surface area contributed by atoms with Crippen LogP contribution in [0.1, 0.15) is 11.1 Å². The number of para-hydroxylation sites is 1. The average molecular weight is 309 g/mol. The molecule has 0 aliphatic carbocycles. The van der Waals surface area contributed by atoms with Gasteiger partial charge in [0.2, 0.25) is 0 Å². The molecule has 0 saturated carbocycles. The van der Waals surface area contributed by atoms with Crippen molar-refractivity contribution in [2.45, 2.75) is 12.8 Å². The lowest BCUT2D eigenvalue weighted by Crippen LogP contribution is -2.39. The minimum atomic E-state index is 0.689. The van der Waals surface area contributed by atoms with Gasteiger partial charge >= 0.3 is 0 Å². The summed E-state index contributed by atoms with van der Waals surface area (Å²) in [5.41, 5.74) is 4.83. The SMILES string of the molecule is S=C(NCCc1ccccc1)NCC1=Nc2ccccc2C1. The Balaban J connectivity index is 1.39. The van der Waals surface area contributed by atoms with Crippen LogP contribution < -0.4 is 10.6 Å². The van der Waals surface area contributed by atoms with E-state index in [0.29, 0.717) is 11.7 Å². The average Bonchev–Trinajstić information content (AvgIpc) is 2.97. The molecule has 0 unspecified atom stereocenters. The summed E-state index contributed by atoms with van der Waals surface area (Å²) in [5.74, 6) is 0. The molecule has 2 N–H and O–H groups in total. The molecule has 0 amide bonds. The Labute approximate surface area is 136 Å². The highest BCUT2D eigenvalue weighted by atomic mass is 32.1. The molecule has 2 aromatic carbocycles. The molecule has 112 valence electrons. The van der Waals surface area contributed by atoms with Crippen molar-refractivity contribution in [3.8, 4) is 0 Å². The Hall–Kier alpha value is -2.20. The first-order chi connectivity index (χ1) is 10.8. The molecule has 0 radical (unpaired) electrons. The quantitative estimate of drug-likeness (QED) is 0.834. The minimum Gasteiger partial charge on any atom is -0.362 e. The maximum absolute atomic E-state index is 5.31. The number of aliphatic imine (C=N–C) groups is 1. The van der Waals surface area contributed by atoms with E-state index in [1.165, 1.54) is 11.1 Å². The summed E-state index contributed by atoms with van der Waals surface area (Å²) in [6.07, 6.45) is 1.88. The van der Waals surface area contributed by atoms with E-state index >= 15 is 0 Å². The predicted molar refractivity (Wildman–Crippen MR) is 96.0 cm³/mol. The Morgan fingerprint density at radius 2 is 1.77 bits per heavy atom. The molecule has 0 bridgehead atoms. The monoisotopic (exact) mass is 309 g/mol. The molecule has 0 spiro atoms. The maximum atomic E-state index is 5.31. The van der Waals surface area contributed by atoms with Gasteiger partial charge in [-0.05, 0) is 35.8 Å². The van der Waals surface area contributed by atoms with Crippen molar-refractivity contribution < 1.29 is 0 Å². The molecule has 0 atom stereocenters. The van der Waals surface area contributed by atoms with Crippen LogP contribution in [0.5, 0.6) is 0 Å². The molecule has 1 heterocycles. The molecule has 0 saturated heterocycles. The molecule has 0 aromatic heterocycles. The normalized spacial score (nSPS) is 12.5. The highest BCUT2D eigenvalue weighted by Crippen LogP contribution is 2.25. The van der Waals surface area contributed by atoms with Crippen LogP contribution in [0.3, 0.4) is 0 Å². The Kier molecular flexibility index (Phi) is 4.81. The zero-order valence-corrected chi connectivity index (χ0v) is 13.2. The highest BCUT2D eigenvalue weighted by Gasteiger charge is 2.13. The lowest BCUT2D eigenvalue weighted by molar-refractivity contribution is 0.843. The molecule has 3 rings (SSSR count). The van der Waals surface area contributed by atoms with Gasteiger partial charge in [0.1, 0.15) is 0 Å². The van der Waals surface area contributed by atoms with Crippen LogP contribution >= 0.6 is 12.2 Å². The topological polar surface area (TPSA) is 36.4 Å². The first-order valence-corrected chi connectivity index (χ1v) is 7.92. The van der Waals surface area contributed by atoms with Gasteiger partial charge in [0.25, 0.3) is 0 Å². The summed E-state index contributed by atoms with van der Waals surface area (Å²) in [4.78, 5) is 4.62. The van der Waals surface area contributed by atoms with E-state index in [2.05, 4.69) is 58.1 Å². The third-order valence-electron chi connectivity index (χ3n) is 3.66. The van der Waals surface area contributed by atoms with Crippen LogP contribution in [0.15, 0.2) is 59.6 Å². The molecule has 1 aliphatic heterocycles. The smallest absolute Gasteiger partial charge is 0.166 e. The van der Waals surface area contributed by atoms with Gasteiger partial charge in [-0.15, -0.1) is 0 Å². The van der Waals surface area contributed by atoms with Crippen molar-refractivity contribution in [1.29, 1.82) is 0 Å². The van der Waals surface area contributed by atoms with Crippen molar-refractivity contribution in [3.63, 3.8) is 0 Å². The van der Waals surface area contributed by atoms with E-state index in [1.807, 2.05) is 12.1 Å². The molecule has 0 fully saturated rings. The van der Waals surface area contributed by atoms with Gasteiger partial charge in [0, 0.05) is 18.7 Å². The summed E-state index contributed by atoms with van der Waals surface area (Å²) in [6, 6.07) is 18.7. The van der Waals surface area contributed by atoms with Gasteiger partial charge < -0.3 is 10.6 Å². The van der Waals surface area contributed by atoms with Crippen LogP contribution in [0.2, 0.25) is 0 Å². The number of rotatable bonds is 5. The second-order valence-electron chi connectivity index (χ2n) is 5.33. The van der Waals surface area contributed by atoms with Gasteiger partial charge in [-0.25, -0.2) is 0 Å². The Morgan fingerprint density at radius 3 is 2.59 bits per heavy atom. The zero-order chi connectivity index (χ0) is 15.2. The Bertz CT molecular complexity index is 680. The molecule has 3 nitrogen and oxygen atoms in total. The van der Waals surface area contributed by atoms with E-state index in [-0.39, 0.29) is 0 Å². The van der Waals surface area contributed by atoms with E-state index in [4.69, 9.17) is 12.2 Å². The van der Waals surface area contributed by atoms with E-state index in [1.54, 1.807) is 0 Å². The summed E-state index contributed by atoms with van der Waals surface area (Å²) < 4.78 is 0.